The summed E-state index contributed by atoms with van der Waals surface area (Å²) in [6.45, 7) is 5.42. The number of nitrogens with two attached hydrogens (primary N) is 2. The monoisotopic (exact) mass is 132 g/mol. The lowest BCUT2D eigenvalue weighted by molar-refractivity contribution is -0.0404. The first-order chi connectivity index (χ1) is 3.81. The summed E-state index contributed by atoms with van der Waals surface area (Å²) in [7, 11) is 1.55. The minimum absolute atomic E-state index is 0.498. The topological polar surface area (TPSA) is 61.3 Å². The number of hydrogen-bond donors (Lipinski definition) is 2. The van der Waals surface area contributed by atoms with Gasteiger partial charge in [-0.3, -0.25) is 0 Å². The highest BCUT2D eigenvalue weighted by molar-refractivity contribution is 4.89. The maximum atomic E-state index is 5.67. The molecule has 0 aliphatic heterocycles. The molecule has 0 aliphatic rings. The van der Waals surface area contributed by atoms with Crippen LogP contribution in [-0.2, 0) is 4.74 Å². The molecule has 0 saturated carbocycles. The Morgan fingerprint density at radius 1 is 1.11 bits per heavy atom. The summed E-state index contributed by atoms with van der Waals surface area (Å²) in [5, 5.41) is 0. The van der Waals surface area contributed by atoms with Crippen molar-refractivity contribution in [2.75, 3.05) is 7.11 Å². The van der Waals surface area contributed by atoms with Crippen LogP contribution in [0.4, 0.5) is 0 Å². The normalized spacial score (nSPS) is 19.3. The highest BCUT2D eigenvalue weighted by Gasteiger charge is 2.33. The lowest BCUT2D eigenvalue weighted by atomic mass is 9.94. The molecule has 0 spiro atoms. The molecule has 1 unspecified atom stereocenters. The molecule has 0 radical (unpaired) electrons. The molecule has 9 heavy (non-hydrogen) atoms. The van der Waals surface area contributed by atoms with Crippen LogP contribution in [0.5, 0.6) is 0 Å². The molecule has 3 heteroatoms. The van der Waals surface area contributed by atoms with Crippen LogP contribution in [-0.4, -0.2) is 18.4 Å². The van der Waals surface area contributed by atoms with Gasteiger partial charge in [-0.2, -0.15) is 0 Å². The Balaban J connectivity index is 4.14. The second kappa shape index (κ2) is 2.25. The first-order valence-electron chi connectivity index (χ1n) is 2.94. The fourth-order valence-electron chi connectivity index (χ4n) is 0.263. The van der Waals surface area contributed by atoms with E-state index >= 15 is 0 Å². The van der Waals surface area contributed by atoms with E-state index in [2.05, 4.69) is 0 Å². The molecule has 0 heterocycles. The Bertz CT molecular complexity index is 93.7. The summed E-state index contributed by atoms with van der Waals surface area (Å²) < 4.78 is 4.95. The van der Waals surface area contributed by atoms with Crippen molar-refractivity contribution in [2.45, 2.75) is 32.0 Å². The lowest BCUT2D eigenvalue weighted by Crippen LogP contribution is -2.61. The number of ether oxygens (including phenoxy) is 1. The second-order valence-electron chi connectivity index (χ2n) is 3.03. The van der Waals surface area contributed by atoms with E-state index in [9.17, 15) is 0 Å². The molecule has 0 saturated heterocycles. The van der Waals surface area contributed by atoms with Gasteiger partial charge in [-0.25, -0.2) is 0 Å². The van der Waals surface area contributed by atoms with Gasteiger partial charge in [0.15, 0.2) is 0 Å². The zero-order valence-electron chi connectivity index (χ0n) is 6.56. The van der Waals surface area contributed by atoms with Gasteiger partial charge < -0.3 is 16.2 Å². The second-order valence-corrected chi connectivity index (χ2v) is 3.03. The summed E-state index contributed by atoms with van der Waals surface area (Å²) in [5.41, 5.74) is 10.1. The zero-order valence-corrected chi connectivity index (χ0v) is 6.56. The minimum Gasteiger partial charge on any atom is -0.362 e. The highest BCUT2D eigenvalue weighted by Crippen LogP contribution is 2.15. The van der Waals surface area contributed by atoms with Gasteiger partial charge in [0.2, 0.25) is 0 Å². The van der Waals surface area contributed by atoms with Gasteiger partial charge in [-0.15, -0.1) is 0 Å². The fraction of sp³-hybridized carbons (Fsp3) is 1.00. The smallest absolute Gasteiger partial charge is 0.131 e. The third kappa shape index (κ3) is 1.93. The average molecular weight is 132 g/mol. The van der Waals surface area contributed by atoms with Gasteiger partial charge >= 0.3 is 0 Å². The van der Waals surface area contributed by atoms with Gasteiger partial charge in [0.25, 0.3) is 0 Å². The molecule has 0 aliphatic carbocycles. The Labute approximate surface area is 56.4 Å². The quantitative estimate of drug-likeness (QED) is 0.522. The van der Waals surface area contributed by atoms with E-state index in [1.165, 1.54) is 0 Å². The summed E-state index contributed by atoms with van der Waals surface area (Å²) in [5.74, 6) is 0. The number of rotatable bonds is 2. The van der Waals surface area contributed by atoms with Crippen molar-refractivity contribution in [3.05, 3.63) is 0 Å². The van der Waals surface area contributed by atoms with E-state index in [1.54, 1.807) is 14.0 Å². The first kappa shape index (κ1) is 8.88. The third-order valence-corrected chi connectivity index (χ3v) is 1.70. The van der Waals surface area contributed by atoms with Gasteiger partial charge in [-0.05, 0) is 20.8 Å². The predicted octanol–water partition coefficient (Wildman–Crippen LogP) is 0.0450. The van der Waals surface area contributed by atoms with Gasteiger partial charge in [-0.1, -0.05) is 0 Å². The van der Waals surface area contributed by atoms with Crippen LogP contribution >= 0.6 is 0 Å². The molecule has 0 aromatic heterocycles. The molecule has 56 valence electrons. The molecular weight excluding hydrogens is 116 g/mol. The third-order valence-electron chi connectivity index (χ3n) is 1.70. The summed E-state index contributed by atoms with van der Waals surface area (Å²) in [6, 6.07) is 0. The molecule has 0 bridgehead atoms. The average Bonchev–Trinajstić information content (AvgIpc) is 1.64. The van der Waals surface area contributed by atoms with Crippen molar-refractivity contribution in [1.29, 1.82) is 0 Å². The Hall–Kier alpha value is -0.120. The molecular formula is C6H16N2O. The van der Waals surface area contributed by atoms with Crippen LogP contribution < -0.4 is 11.5 Å². The van der Waals surface area contributed by atoms with Crippen LogP contribution in [0.1, 0.15) is 20.8 Å². The van der Waals surface area contributed by atoms with Crippen LogP contribution in [0.2, 0.25) is 0 Å². The van der Waals surface area contributed by atoms with E-state index in [-0.39, 0.29) is 0 Å². The van der Waals surface area contributed by atoms with E-state index in [0.717, 1.165) is 0 Å². The summed E-state index contributed by atoms with van der Waals surface area (Å²) >= 11 is 0. The zero-order chi connectivity index (χ0) is 7.71. The van der Waals surface area contributed by atoms with Gasteiger partial charge in [0.05, 0.1) is 5.54 Å². The Kier molecular flexibility index (Phi) is 2.22. The van der Waals surface area contributed by atoms with Crippen LogP contribution in [0, 0.1) is 0 Å². The standard InChI is InChI=1S/C6H16N2O/c1-5(2,7)6(3,8)9-4/h7-8H2,1-4H3. The molecule has 3 nitrogen and oxygen atoms in total. The van der Waals surface area contributed by atoms with E-state index in [0.29, 0.717) is 0 Å². The Morgan fingerprint density at radius 2 is 1.44 bits per heavy atom. The highest BCUT2D eigenvalue weighted by atomic mass is 16.5. The molecule has 0 aromatic rings. The van der Waals surface area contributed by atoms with Crippen LogP contribution in [0.3, 0.4) is 0 Å². The molecule has 0 rings (SSSR count). The van der Waals surface area contributed by atoms with E-state index < -0.39 is 11.3 Å². The molecule has 4 N–H and O–H groups in total. The maximum absolute atomic E-state index is 5.67. The van der Waals surface area contributed by atoms with Crippen molar-refractivity contribution in [2.24, 2.45) is 11.5 Å². The first-order valence-corrected chi connectivity index (χ1v) is 2.94. The number of methoxy groups -OCH3 is 1. The van der Waals surface area contributed by atoms with Crippen molar-refractivity contribution >= 4 is 0 Å². The molecule has 1 atom stereocenters. The van der Waals surface area contributed by atoms with Crippen molar-refractivity contribution in [3.63, 3.8) is 0 Å². The van der Waals surface area contributed by atoms with Gasteiger partial charge in [0.1, 0.15) is 5.72 Å². The van der Waals surface area contributed by atoms with Crippen LogP contribution in [0.25, 0.3) is 0 Å². The molecule has 0 amide bonds. The predicted molar refractivity (Wildman–Crippen MR) is 37.9 cm³/mol. The summed E-state index contributed by atoms with van der Waals surface area (Å²) in [4.78, 5) is 0. The van der Waals surface area contributed by atoms with Crippen molar-refractivity contribution < 1.29 is 4.74 Å². The van der Waals surface area contributed by atoms with Crippen LogP contribution in [0.15, 0.2) is 0 Å². The summed E-state index contributed by atoms with van der Waals surface area (Å²) in [6.07, 6.45) is 0. The van der Waals surface area contributed by atoms with E-state index in [4.69, 9.17) is 16.2 Å². The molecule has 0 aromatic carbocycles. The number of hydrogen-bond acceptors (Lipinski definition) is 3. The fourth-order valence-corrected chi connectivity index (χ4v) is 0.263. The SMILES string of the molecule is COC(C)(N)C(C)(C)N. The minimum atomic E-state index is -0.743. The Morgan fingerprint density at radius 3 is 1.44 bits per heavy atom. The van der Waals surface area contributed by atoms with Gasteiger partial charge in [0, 0.05) is 7.11 Å². The van der Waals surface area contributed by atoms with Crippen molar-refractivity contribution in [3.8, 4) is 0 Å². The maximum Gasteiger partial charge on any atom is 0.131 e. The largest absolute Gasteiger partial charge is 0.362 e. The molecule has 0 fully saturated rings. The lowest BCUT2D eigenvalue weighted by Gasteiger charge is -2.36. The van der Waals surface area contributed by atoms with E-state index in [1.807, 2.05) is 13.8 Å². The van der Waals surface area contributed by atoms with Crippen molar-refractivity contribution in [1.82, 2.24) is 0 Å².